The van der Waals surface area contributed by atoms with Gasteiger partial charge in [0, 0.05) is 20.1 Å². The summed E-state index contributed by atoms with van der Waals surface area (Å²) < 4.78 is 5.55. The van der Waals surface area contributed by atoms with Crippen LogP contribution in [0.3, 0.4) is 0 Å². The van der Waals surface area contributed by atoms with Crippen LogP contribution in [0.4, 0.5) is 0 Å². The predicted octanol–water partition coefficient (Wildman–Crippen LogP) is 6.10. The van der Waals surface area contributed by atoms with E-state index in [4.69, 9.17) is 4.42 Å². The Balaban J connectivity index is 1.89. The zero-order valence-corrected chi connectivity index (χ0v) is 14.8. The summed E-state index contributed by atoms with van der Waals surface area (Å²) in [6.07, 6.45) is 0. The summed E-state index contributed by atoms with van der Waals surface area (Å²) in [4.78, 5) is 16.3. The third-order valence-electron chi connectivity index (χ3n) is 3.65. The van der Waals surface area contributed by atoms with Crippen molar-refractivity contribution in [1.82, 2.24) is 0 Å². The van der Waals surface area contributed by atoms with E-state index >= 15 is 0 Å². The maximum Gasteiger partial charge on any atom is 0.351 e. The molecule has 4 rings (SSSR count). The van der Waals surface area contributed by atoms with Crippen molar-refractivity contribution in [3.63, 3.8) is 0 Å². The smallest absolute Gasteiger partial charge is 0.351 e. The lowest BCUT2D eigenvalue weighted by Gasteiger charge is -2.11. The van der Waals surface area contributed by atoms with E-state index in [9.17, 15) is 4.79 Å². The van der Waals surface area contributed by atoms with Crippen molar-refractivity contribution >= 4 is 34.5 Å². The molecule has 122 valence electrons. The van der Waals surface area contributed by atoms with Crippen LogP contribution in [0, 0.1) is 0 Å². The maximum atomic E-state index is 12.6. The topological polar surface area (TPSA) is 30.2 Å². The first-order valence-electron chi connectivity index (χ1n) is 7.83. The Bertz CT molecular complexity index is 1060. The van der Waals surface area contributed by atoms with Crippen LogP contribution in [0.1, 0.15) is 0 Å². The highest BCUT2D eigenvalue weighted by Gasteiger charge is 2.17. The Labute approximate surface area is 153 Å². The zero-order valence-electron chi connectivity index (χ0n) is 13.2. The van der Waals surface area contributed by atoms with Crippen LogP contribution < -0.4 is 5.63 Å². The molecule has 0 aliphatic carbocycles. The van der Waals surface area contributed by atoms with Crippen molar-refractivity contribution in [2.75, 3.05) is 0 Å². The minimum atomic E-state index is -0.300. The molecule has 0 saturated heterocycles. The van der Waals surface area contributed by atoms with Crippen molar-refractivity contribution in [3.05, 3.63) is 95.3 Å². The number of hydrogen-bond donors (Lipinski definition) is 0. The van der Waals surface area contributed by atoms with Gasteiger partial charge in [0.25, 0.3) is 0 Å². The van der Waals surface area contributed by atoms with Gasteiger partial charge in [-0.25, -0.2) is 4.79 Å². The maximum absolute atomic E-state index is 12.6. The Kier molecular flexibility index (Phi) is 4.63. The molecule has 1 aromatic heterocycles. The second kappa shape index (κ2) is 7.21. The van der Waals surface area contributed by atoms with Crippen molar-refractivity contribution in [3.8, 4) is 0 Å². The molecule has 1 heterocycles. The van der Waals surface area contributed by atoms with E-state index in [2.05, 4.69) is 0 Å². The van der Waals surface area contributed by atoms with E-state index in [0.717, 1.165) is 20.1 Å². The van der Waals surface area contributed by atoms with E-state index in [1.54, 1.807) is 11.8 Å². The van der Waals surface area contributed by atoms with Gasteiger partial charge in [-0.15, -0.1) is 0 Å². The third kappa shape index (κ3) is 3.50. The minimum absolute atomic E-state index is 0.300. The molecular weight excluding hydrogens is 348 g/mol. The highest BCUT2D eigenvalue weighted by molar-refractivity contribution is 8.02. The lowest BCUT2D eigenvalue weighted by molar-refractivity contribution is 0.537. The van der Waals surface area contributed by atoms with E-state index in [-0.39, 0.29) is 5.63 Å². The molecule has 0 spiro atoms. The molecule has 4 heteroatoms. The first-order chi connectivity index (χ1) is 12.3. The molecule has 0 aliphatic rings. The minimum Gasteiger partial charge on any atom is -0.422 e. The lowest BCUT2D eigenvalue weighted by Crippen LogP contribution is -2.04. The fraction of sp³-hybridized carbons (Fsp3) is 0. The fourth-order valence-electron chi connectivity index (χ4n) is 2.51. The van der Waals surface area contributed by atoms with E-state index in [1.165, 1.54) is 11.8 Å². The van der Waals surface area contributed by atoms with Crippen molar-refractivity contribution < 1.29 is 4.42 Å². The van der Waals surface area contributed by atoms with Crippen LogP contribution in [0.15, 0.2) is 114 Å². The molecule has 3 aromatic carbocycles. The molecule has 0 radical (unpaired) electrons. The van der Waals surface area contributed by atoms with Gasteiger partial charge in [-0.05, 0) is 30.3 Å². The number of benzene rings is 3. The van der Waals surface area contributed by atoms with Crippen LogP contribution in [-0.2, 0) is 0 Å². The summed E-state index contributed by atoms with van der Waals surface area (Å²) in [5.74, 6) is 0. The molecule has 4 aromatic rings. The Morgan fingerprint density at radius 3 is 1.76 bits per heavy atom. The second-order valence-corrected chi connectivity index (χ2v) is 7.54. The molecule has 25 heavy (non-hydrogen) atoms. The summed E-state index contributed by atoms with van der Waals surface area (Å²) in [5.41, 5.74) is 0.314. The van der Waals surface area contributed by atoms with Crippen molar-refractivity contribution in [2.24, 2.45) is 0 Å². The largest absolute Gasteiger partial charge is 0.422 e. The average Bonchev–Trinajstić information content (AvgIpc) is 2.66. The van der Waals surface area contributed by atoms with Gasteiger partial charge in [0.05, 0.1) is 0 Å². The normalized spacial score (nSPS) is 10.9. The van der Waals surface area contributed by atoms with E-state index in [1.807, 2.05) is 84.9 Å². The van der Waals surface area contributed by atoms with Crippen LogP contribution in [-0.4, -0.2) is 0 Å². The monoisotopic (exact) mass is 362 g/mol. The predicted molar refractivity (Wildman–Crippen MR) is 104 cm³/mol. The van der Waals surface area contributed by atoms with Gasteiger partial charge in [-0.3, -0.25) is 0 Å². The van der Waals surface area contributed by atoms with Crippen LogP contribution in [0.25, 0.3) is 11.0 Å². The van der Waals surface area contributed by atoms with Gasteiger partial charge in [-0.2, -0.15) is 0 Å². The molecule has 0 aliphatic heterocycles. The SMILES string of the molecule is O=c1oc2ccccc2c(Sc2ccccc2)c1Sc1ccccc1. The number of hydrogen-bond acceptors (Lipinski definition) is 4. The zero-order chi connectivity index (χ0) is 17.1. The summed E-state index contributed by atoms with van der Waals surface area (Å²) in [7, 11) is 0. The number of fused-ring (bicyclic) bond motifs is 1. The van der Waals surface area contributed by atoms with Gasteiger partial charge in [0.2, 0.25) is 0 Å². The summed E-state index contributed by atoms with van der Waals surface area (Å²) in [6, 6.07) is 27.7. The van der Waals surface area contributed by atoms with Gasteiger partial charge in [0.15, 0.2) is 0 Å². The molecule has 0 bridgehead atoms. The molecule has 0 unspecified atom stereocenters. The van der Waals surface area contributed by atoms with Gasteiger partial charge >= 0.3 is 5.63 Å². The van der Waals surface area contributed by atoms with E-state index in [0.29, 0.717) is 10.5 Å². The Morgan fingerprint density at radius 1 is 0.600 bits per heavy atom. The number of para-hydroxylation sites is 1. The lowest BCUT2D eigenvalue weighted by atomic mass is 10.2. The Hall–Kier alpha value is -2.43. The van der Waals surface area contributed by atoms with E-state index < -0.39 is 0 Å². The molecule has 0 saturated carbocycles. The number of rotatable bonds is 4. The molecule has 2 nitrogen and oxygen atoms in total. The Morgan fingerprint density at radius 2 is 1.12 bits per heavy atom. The van der Waals surface area contributed by atoms with Gasteiger partial charge in [-0.1, -0.05) is 78.1 Å². The standard InChI is InChI=1S/C21H14O2S2/c22-21-20(25-16-11-5-2-6-12-16)19(24-15-9-3-1-4-10-15)17-13-7-8-14-18(17)23-21/h1-14H. The van der Waals surface area contributed by atoms with Gasteiger partial charge in [0.1, 0.15) is 10.5 Å². The molecule has 0 amide bonds. The quantitative estimate of drug-likeness (QED) is 0.411. The highest BCUT2D eigenvalue weighted by Crippen LogP contribution is 2.40. The molecule has 0 N–H and O–H groups in total. The third-order valence-corrected chi connectivity index (χ3v) is 6.00. The van der Waals surface area contributed by atoms with Crippen LogP contribution in [0.5, 0.6) is 0 Å². The summed E-state index contributed by atoms with van der Waals surface area (Å²) in [5, 5.41) is 0.953. The van der Waals surface area contributed by atoms with Crippen LogP contribution in [0.2, 0.25) is 0 Å². The molecule has 0 fully saturated rings. The summed E-state index contributed by atoms with van der Waals surface area (Å²) in [6.45, 7) is 0. The van der Waals surface area contributed by atoms with Crippen molar-refractivity contribution in [2.45, 2.75) is 19.6 Å². The van der Waals surface area contributed by atoms with Crippen LogP contribution >= 0.6 is 23.5 Å². The fourth-order valence-corrected chi connectivity index (χ4v) is 4.60. The molecular formula is C21H14O2S2. The van der Waals surface area contributed by atoms with Crippen molar-refractivity contribution in [1.29, 1.82) is 0 Å². The highest BCUT2D eigenvalue weighted by atomic mass is 32.2. The summed E-state index contributed by atoms with van der Waals surface area (Å²) >= 11 is 3.04. The first-order valence-corrected chi connectivity index (χ1v) is 9.46. The second-order valence-electron chi connectivity index (χ2n) is 5.37. The average molecular weight is 362 g/mol. The first kappa shape index (κ1) is 16.1. The van der Waals surface area contributed by atoms with Gasteiger partial charge < -0.3 is 4.42 Å². The molecule has 0 atom stereocenters.